The third kappa shape index (κ3) is 49.7. The molecule has 0 radical (unpaired) electrons. The van der Waals surface area contributed by atoms with Gasteiger partial charge in [0.15, 0.2) is 6.10 Å². The molecule has 0 spiro atoms. The van der Waals surface area contributed by atoms with Crippen LogP contribution < -0.4 is 0 Å². The van der Waals surface area contributed by atoms with E-state index in [1.54, 1.807) is 0 Å². The number of carbonyl (C=O) groups is 3. The standard InChI is InChI=1S/C57H98O6/c1-4-7-10-13-16-19-22-25-27-28-29-31-32-35-38-41-44-47-50-56(59)62-53-54(52-61-55(58)49-46-43-40-37-34-24-21-18-15-12-9-6-3)63-57(60)51-48-45-42-39-36-33-30-26-23-20-17-14-11-8-5-2/h8-9,11-12,14,17-18,20-21,23,34,37,54H,4-7,10,13,15-16,19,22,24-33,35-36,38-53H2,1-3H3/b11-8-,12-9-,17-14-,21-18-,23-20-,37-34-. The Labute approximate surface area is 389 Å². The molecule has 0 saturated carbocycles. The Kier molecular flexibility index (Phi) is 48.9. The maximum Gasteiger partial charge on any atom is 0.306 e. The first-order valence-electron chi connectivity index (χ1n) is 26.5. The quantitative estimate of drug-likeness (QED) is 0.0199. The Hall–Kier alpha value is -3.15. The van der Waals surface area contributed by atoms with Crippen LogP contribution in [-0.2, 0) is 28.6 Å². The minimum Gasteiger partial charge on any atom is -0.462 e. The topological polar surface area (TPSA) is 78.9 Å². The van der Waals surface area contributed by atoms with Gasteiger partial charge < -0.3 is 14.2 Å². The van der Waals surface area contributed by atoms with Gasteiger partial charge in [0.05, 0.1) is 0 Å². The number of rotatable bonds is 47. The fourth-order valence-corrected chi connectivity index (χ4v) is 7.34. The monoisotopic (exact) mass is 879 g/mol. The highest BCUT2D eigenvalue weighted by molar-refractivity contribution is 5.71. The fraction of sp³-hybridized carbons (Fsp3) is 0.737. The van der Waals surface area contributed by atoms with Crippen LogP contribution in [0.1, 0.15) is 252 Å². The predicted molar refractivity (Wildman–Crippen MR) is 270 cm³/mol. The molecule has 0 aromatic heterocycles. The number of unbranched alkanes of at least 4 members (excludes halogenated alkanes) is 26. The van der Waals surface area contributed by atoms with E-state index in [1.807, 2.05) is 0 Å². The molecule has 6 heteroatoms. The lowest BCUT2D eigenvalue weighted by molar-refractivity contribution is -0.167. The number of esters is 3. The van der Waals surface area contributed by atoms with Crippen molar-refractivity contribution in [2.45, 2.75) is 258 Å². The molecule has 0 aliphatic carbocycles. The lowest BCUT2D eigenvalue weighted by Gasteiger charge is -2.18. The summed E-state index contributed by atoms with van der Waals surface area (Å²) in [6, 6.07) is 0. The summed E-state index contributed by atoms with van der Waals surface area (Å²) in [6.45, 7) is 6.36. The average molecular weight is 879 g/mol. The smallest absolute Gasteiger partial charge is 0.306 e. The Morgan fingerprint density at radius 3 is 1.17 bits per heavy atom. The van der Waals surface area contributed by atoms with Gasteiger partial charge in [0.25, 0.3) is 0 Å². The van der Waals surface area contributed by atoms with E-state index < -0.39 is 6.10 Å². The molecular formula is C57H98O6. The Morgan fingerprint density at radius 2 is 0.698 bits per heavy atom. The van der Waals surface area contributed by atoms with Crippen LogP contribution in [0.25, 0.3) is 0 Å². The molecule has 0 aliphatic heterocycles. The fourth-order valence-electron chi connectivity index (χ4n) is 7.34. The van der Waals surface area contributed by atoms with Crippen molar-refractivity contribution < 1.29 is 28.6 Å². The molecule has 0 aromatic carbocycles. The highest BCUT2D eigenvalue weighted by atomic mass is 16.6. The van der Waals surface area contributed by atoms with Gasteiger partial charge in [0.1, 0.15) is 13.2 Å². The molecule has 0 N–H and O–H groups in total. The number of carbonyl (C=O) groups excluding carboxylic acids is 3. The van der Waals surface area contributed by atoms with Crippen molar-refractivity contribution in [2.24, 2.45) is 0 Å². The molecule has 0 rings (SSSR count). The zero-order valence-electron chi connectivity index (χ0n) is 41.3. The summed E-state index contributed by atoms with van der Waals surface area (Å²) in [5.74, 6) is -0.940. The minimum absolute atomic E-state index is 0.0909. The molecule has 6 nitrogen and oxygen atoms in total. The van der Waals surface area contributed by atoms with Crippen molar-refractivity contribution in [1.82, 2.24) is 0 Å². The van der Waals surface area contributed by atoms with Crippen molar-refractivity contribution >= 4 is 17.9 Å². The maximum atomic E-state index is 12.8. The van der Waals surface area contributed by atoms with E-state index in [0.717, 1.165) is 89.9 Å². The van der Waals surface area contributed by atoms with Crippen LogP contribution in [0.5, 0.6) is 0 Å². The minimum atomic E-state index is -0.795. The number of hydrogen-bond acceptors (Lipinski definition) is 6. The molecule has 0 aromatic rings. The molecule has 362 valence electrons. The third-order valence-electron chi connectivity index (χ3n) is 11.3. The molecule has 0 fully saturated rings. The van der Waals surface area contributed by atoms with Crippen molar-refractivity contribution in [2.75, 3.05) is 13.2 Å². The molecule has 63 heavy (non-hydrogen) atoms. The largest absolute Gasteiger partial charge is 0.462 e. The van der Waals surface area contributed by atoms with Crippen LogP contribution in [0, 0.1) is 0 Å². The number of ether oxygens (including phenoxy) is 3. The summed E-state index contributed by atoms with van der Waals surface area (Å²) < 4.78 is 16.8. The maximum absolute atomic E-state index is 12.8. The Bertz CT molecular complexity index is 1190. The first-order valence-corrected chi connectivity index (χ1v) is 26.5. The highest BCUT2D eigenvalue weighted by Gasteiger charge is 2.19. The van der Waals surface area contributed by atoms with Gasteiger partial charge in [0.2, 0.25) is 0 Å². The molecule has 0 bridgehead atoms. The third-order valence-corrected chi connectivity index (χ3v) is 11.3. The first-order chi connectivity index (χ1) is 31.0. The van der Waals surface area contributed by atoms with Crippen molar-refractivity contribution in [1.29, 1.82) is 0 Å². The molecule has 1 unspecified atom stereocenters. The lowest BCUT2D eigenvalue weighted by atomic mass is 10.0. The lowest BCUT2D eigenvalue weighted by Crippen LogP contribution is -2.30. The summed E-state index contributed by atoms with van der Waals surface area (Å²) >= 11 is 0. The van der Waals surface area contributed by atoms with Crippen LogP contribution in [0.2, 0.25) is 0 Å². The van der Waals surface area contributed by atoms with E-state index >= 15 is 0 Å². The summed E-state index contributed by atoms with van der Waals surface area (Å²) in [4.78, 5) is 38.0. The highest BCUT2D eigenvalue weighted by Crippen LogP contribution is 2.16. The van der Waals surface area contributed by atoms with Gasteiger partial charge in [-0.2, -0.15) is 0 Å². The van der Waals surface area contributed by atoms with Crippen LogP contribution in [0.3, 0.4) is 0 Å². The van der Waals surface area contributed by atoms with Crippen LogP contribution in [0.15, 0.2) is 72.9 Å². The van der Waals surface area contributed by atoms with E-state index in [-0.39, 0.29) is 31.1 Å². The van der Waals surface area contributed by atoms with Crippen molar-refractivity contribution in [3.8, 4) is 0 Å². The van der Waals surface area contributed by atoms with E-state index in [9.17, 15) is 14.4 Å². The zero-order valence-corrected chi connectivity index (χ0v) is 41.3. The average Bonchev–Trinajstić information content (AvgIpc) is 3.28. The van der Waals surface area contributed by atoms with Crippen molar-refractivity contribution in [3.05, 3.63) is 72.9 Å². The van der Waals surface area contributed by atoms with Gasteiger partial charge >= 0.3 is 17.9 Å². The second kappa shape index (κ2) is 51.5. The summed E-state index contributed by atoms with van der Waals surface area (Å²) in [6.07, 6.45) is 64.7. The number of hydrogen-bond donors (Lipinski definition) is 0. The summed E-state index contributed by atoms with van der Waals surface area (Å²) in [7, 11) is 0. The molecular weight excluding hydrogens is 781 g/mol. The second-order valence-corrected chi connectivity index (χ2v) is 17.4. The summed E-state index contributed by atoms with van der Waals surface area (Å²) in [5, 5.41) is 0. The van der Waals surface area contributed by atoms with Gasteiger partial charge in [-0.3, -0.25) is 14.4 Å². The second-order valence-electron chi connectivity index (χ2n) is 17.4. The van der Waals surface area contributed by atoms with E-state index in [0.29, 0.717) is 19.3 Å². The van der Waals surface area contributed by atoms with E-state index in [2.05, 4.69) is 93.7 Å². The number of allylic oxidation sites excluding steroid dienone is 12. The van der Waals surface area contributed by atoms with Crippen LogP contribution in [-0.4, -0.2) is 37.2 Å². The first kappa shape index (κ1) is 59.9. The zero-order chi connectivity index (χ0) is 45.8. The van der Waals surface area contributed by atoms with Crippen LogP contribution >= 0.6 is 0 Å². The van der Waals surface area contributed by atoms with Gasteiger partial charge in [-0.25, -0.2) is 0 Å². The van der Waals surface area contributed by atoms with Gasteiger partial charge in [-0.15, -0.1) is 0 Å². The normalized spacial score (nSPS) is 12.6. The van der Waals surface area contributed by atoms with Gasteiger partial charge in [0, 0.05) is 19.3 Å². The Morgan fingerprint density at radius 1 is 0.349 bits per heavy atom. The summed E-state index contributed by atoms with van der Waals surface area (Å²) in [5.41, 5.74) is 0. The molecule has 0 amide bonds. The SMILES string of the molecule is CC\C=C/C=C\C=C/CCCCCCCCCC(=O)OC(COC(=O)CCCC/C=C\C/C=C\C/C=C\CC)COC(=O)CCCCCCCCCCCCCCCCCCCC. The molecule has 0 saturated heterocycles. The van der Waals surface area contributed by atoms with E-state index in [1.165, 1.54) is 122 Å². The molecule has 0 heterocycles. The van der Waals surface area contributed by atoms with Crippen LogP contribution in [0.4, 0.5) is 0 Å². The van der Waals surface area contributed by atoms with Gasteiger partial charge in [-0.1, -0.05) is 235 Å². The van der Waals surface area contributed by atoms with E-state index in [4.69, 9.17) is 14.2 Å². The van der Waals surface area contributed by atoms with Gasteiger partial charge in [-0.05, 0) is 70.6 Å². The molecule has 1 atom stereocenters. The molecule has 0 aliphatic rings. The Balaban J connectivity index is 4.38. The van der Waals surface area contributed by atoms with Crippen molar-refractivity contribution in [3.63, 3.8) is 0 Å². The predicted octanol–water partition coefficient (Wildman–Crippen LogP) is 17.4.